The molecule has 0 saturated carbocycles. The van der Waals surface area contributed by atoms with Gasteiger partial charge in [0, 0.05) is 17.5 Å². The van der Waals surface area contributed by atoms with Gasteiger partial charge in [0.2, 0.25) is 0 Å². The second-order valence-electron chi connectivity index (χ2n) is 5.70. The molecule has 128 valence electrons. The lowest BCUT2D eigenvalue weighted by atomic mass is 10.1. The zero-order valence-electron chi connectivity index (χ0n) is 13.6. The molecule has 4 rings (SSSR count). The van der Waals surface area contributed by atoms with Crippen LogP contribution >= 0.6 is 11.3 Å². The Morgan fingerprint density at radius 2 is 2.24 bits per heavy atom. The molecule has 0 fully saturated rings. The van der Waals surface area contributed by atoms with E-state index < -0.39 is 5.97 Å². The van der Waals surface area contributed by atoms with E-state index in [4.69, 9.17) is 4.74 Å². The van der Waals surface area contributed by atoms with Crippen molar-refractivity contribution in [3.05, 3.63) is 35.0 Å². The first-order chi connectivity index (χ1) is 12.0. The van der Waals surface area contributed by atoms with Crippen LogP contribution < -0.4 is 9.64 Å². The van der Waals surface area contributed by atoms with Crippen molar-refractivity contribution >= 4 is 33.9 Å². The SMILES string of the molecule is CCN1C(=O)COc2ccc(-c3csc4nc(C)c(C(=O)O)n34)cc21. The van der Waals surface area contributed by atoms with Crippen LogP contribution in [0.2, 0.25) is 0 Å². The quantitative estimate of drug-likeness (QED) is 0.779. The lowest BCUT2D eigenvalue weighted by Crippen LogP contribution is -2.38. The number of thiazole rings is 1. The molecule has 1 amide bonds. The van der Waals surface area contributed by atoms with Crippen LogP contribution in [-0.4, -0.2) is 39.5 Å². The number of aryl methyl sites for hydroxylation is 1. The highest BCUT2D eigenvalue weighted by atomic mass is 32.1. The number of nitrogens with zero attached hydrogens (tertiary/aromatic N) is 3. The summed E-state index contributed by atoms with van der Waals surface area (Å²) in [5, 5.41) is 11.4. The number of aromatic carboxylic acids is 1. The fourth-order valence-corrected chi connectivity index (χ4v) is 4.07. The topological polar surface area (TPSA) is 84.1 Å². The number of hydrogen-bond donors (Lipinski definition) is 1. The third-order valence-electron chi connectivity index (χ3n) is 4.25. The molecule has 3 aromatic rings. The third kappa shape index (κ3) is 2.29. The van der Waals surface area contributed by atoms with Gasteiger partial charge in [0.25, 0.3) is 5.91 Å². The molecule has 8 heteroatoms. The Morgan fingerprint density at radius 3 is 2.96 bits per heavy atom. The Morgan fingerprint density at radius 1 is 1.44 bits per heavy atom. The van der Waals surface area contributed by atoms with Crippen LogP contribution in [0.15, 0.2) is 23.6 Å². The van der Waals surface area contributed by atoms with Gasteiger partial charge in [0.15, 0.2) is 17.3 Å². The lowest BCUT2D eigenvalue weighted by Gasteiger charge is -2.28. The molecular weight excluding hydrogens is 342 g/mol. The van der Waals surface area contributed by atoms with Crippen molar-refractivity contribution < 1.29 is 19.4 Å². The average Bonchev–Trinajstić information content (AvgIpc) is 3.11. The second kappa shape index (κ2) is 5.59. The molecule has 25 heavy (non-hydrogen) atoms. The van der Waals surface area contributed by atoms with E-state index in [1.165, 1.54) is 11.3 Å². The van der Waals surface area contributed by atoms with Crippen molar-refractivity contribution in [1.29, 1.82) is 0 Å². The summed E-state index contributed by atoms with van der Waals surface area (Å²) in [6.07, 6.45) is 0. The van der Waals surface area contributed by atoms with Gasteiger partial charge in [0.1, 0.15) is 5.75 Å². The summed E-state index contributed by atoms with van der Waals surface area (Å²) < 4.78 is 7.14. The second-order valence-corrected chi connectivity index (χ2v) is 6.54. The number of carbonyl (C=O) groups excluding carboxylic acids is 1. The first kappa shape index (κ1) is 15.6. The Labute approximate surface area is 147 Å². The maximum absolute atomic E-state index is 12.1. The van der Waals surface area contributed by atoms with Gasteiger partial charge in [-0.05, 0) is 32.0 Å². The molecule has 1 aliphatic heterocycles. The van der Waals surface area contributed by atoms with E-state index in [2.05, 4.69) is 4.98 Å². The first-order valence-corrected chi connectivity index (χ1v) is 8.66. The minimum absolute atomic E-state index is 0.0345. The zero-order valence-corrected chi connectivity index (χ0v) is 14.5. The number of carbonyl (C=O) groups is 2. The molecule has 7 nitrogen and oxygen atoms in total. The smallest absolute Gasteiger partial charge is 0.354 e. The molecule has 0 spiro atoms. The van der Waals surface area contributed by atoms with E-state index in [-0.39, 0.29) is 18.2 Å². The highest BCUT2D eigenvalue weighted by molar-refractivity contribution is 7.15. The van der Waals surface area contributed by atoms with Crippen molar-refractivity contribution in [1.82, 2.24) is 9.38 Å². The van der Waals surface area contributed by atoms with Crippen molar-refractivity contribution in [2.45, 2.75) is 13.8 Å². The number of carboxylic acid groups (broad SMARTS) is 1. The van der Waals surface area contributed by atoms with Crippen LogP contribution in [-0.2, 0) is 4.79 Å². The number of aromatic nitrogens is 2. The summed E-state index contributed by atoms with van der Waals surface area (Å²) >= 11 is 1.38. The van der Waals surface area contributed by atoms with Gasteiger partial charge in [0.05, 0.1) is 17.1 Å². The van der Waals surface area contributed by atoms with Crippen LogP contribution in [0, 0.1) is 6.92 Å². The third-order valence-corrected chi connectivity index (χ3v) is 5.08. The molecule has 0 bridgehead atoms. The Hall–Kier alpha value is -2.87. The van der Waals surface area contributed by atoms with Crippen molar-refractivity contribution in [2.75, 3.05) is 18.1 Å². The molecular formula is C17H15N3O4S. The summed E-state index contributed by atoms with van der Waals surface area (Å²) in [7, 11) is 0. The van der Waals surface area contributed by atoms with Crippen LogP contribution in [0.3, 0.4) is 0 Å². The number of amides is 1. The molecule has 0 radical (unpaired) electrons. The molecule has 0 atom stereocenters. The van der Waals surface area contributed by atoms with Gasteiger partial charge in [-0.1, -0.05) is 0 Å². The van der Waals surface area contributed by atoms with Gasteiger partial charge in [-0.25, -0.2) is 9.78 Å². The average molecular weight is 357 g/mol. The monoisotopic (exact) mass is 357 g/mol. The van der Waals surface area contributed by atoms with Crippen molar-refractivity contribution in [2.24, 2.45) is 0 Å². The number of imidazole rings is 1. The number of rotatable bonds is 3. The van der Waals surface area contributed by atoms with Gasteiger partial charge >= 0.3 is 5.97 Å². The Balaban J connectivity index is 1.92. The van der Waals surface area contributed by atoms with E-state index in [0.717, 1.165) is 11.3 Å². The Kier molecular flexibility index (Phi) is 3.50. The summed E-state index contributed by atoms with van der Waals surface area (Å²) in [5.41, 5.74) is 2.87. The number of fused-ring (bicyclic) bond motifs is 2. The Bertz CT molecular complexity index is 1020. The lowest BCUT2D eigenvalue weighted by molar-refractivity contribution is -0.121. The van der Waals surface area contributed by atoms with E-state index in [1.807, 2.05) is 30.5 Å². The zero-order chi connectivity index (χ0) is 17.7. The summed E-state index contributed by atoms with van der Waals surface area (Å²) in [5.74, 6) is -0.458. The number of anilines is 1. The van der Waals surface area contributed by atoms with E-state index >= 15 is 0 Å². The molecule has 0 saturated heterocycles. The van der Waals surface area contributed by atoms with Crippen molar-refractivity contribution in [3.8, 4) is 17.0 Å². The van der Waals surface area contributed by atoms with E-state index in [9.17, 15) is 14.7 Å². The van der Waals surface area contributed by atoms with Crippen LogP contribution in [0.5, 0.6) is 5.75 Å². The van der Waals surface area contributed by atoms with Gasteiger partial charge in [-0.2, -0.15) is 0 Å². The molecule has 0 unspecified atom stereocenters. The minimum Gasteiger partial charge on any atom is -0.482 e. The molecule has 3 heterocycles. The number of benzene rings is 1. The maximum atomic E-state index is 12.1. The number of hydrogen-bond acceptors (Lipinski definition) is 5. The molecule has 1 aromatic carbocycles. The normalized spacial score (nSPS) is 13.8. The number of carboxylic acids is 1. The molecule has 0 aliphatic carbocycles. The highest BCUT2D eigenvalue weighted by Gasteiger charge is 2.26. The van der Waals surface area contributed by atoms with E-state index in [0.29, 0.717) is 28.6 Å². The fraction of sp³-hybridized carbons (Fsp3) is 0.235. The van der Waals surface area contributed by atoms with Crippen LogP contribution in [0.4, 0.5) is 5.69 Å². The van der Waals surface area contributed by atoms with Gasteiger partial charge < -0.3 is 14.7 Å². The number of ether oxygens (including phenoxy) is 1. The molecule has 2 aromatic heterocycles. The summed E-state index contributed by atoms with van der Waals surface area (Å²) in [4.78, 5) is 30.3. The molecule has 1 aliphatic rings. The highest BCUT2D eigenvalue weighted by Crippen LogP contribution is 2.37. The predicted octanol–water partition coefficient (Wildman–Crippen LogP) is 2.81. The first-order valence-electron chi connectivity index (χ1n) is 7.78. The summed E-state index contributed by atoms with van der Waals surface area (Å²) in [6.45, 7) is 4.17. The predicted molar refractivity (Wildman–Crippen MR) is 93.7 cm³/mol. The summed E-state index contributed by atoms with van der Waals surface area (Å²) in [6, 6.07) is 5.54. The van der Waals surface area contributed by atoms with E-state index in [1.54, 1.807) is 16.2 Å². The minimum atomic E-state index is -1.02. The number of likely N-dealkylation sites (N-methyl/N-ethyl adjacent to an activating group) is 1. The molecule has 1 N–H and O–H groups in total. The van der Waals surface area contributed by atoms with Crippen molar-refractivity contribution in [3.63, 3.8) is 0 Å². The van der Waals surface area contributed by atoms with Crippen LogP contribution in [0.25, 0.3) is 16.2 Å². The fourth-order valence-electron chi connectivity index (χ4n) is 3.12. The largest absolute Gasteiger partial charge is 0.482 e. The standard InChI is InChI=1S/C17H15N3O4S/c1-3-19-11-6-10(4-5-13(11)24-7-14(19)21)12-8-25-17-18-9(2)15(16(22)23)20(12)17/h4-6,8H,3,7H2,1-2H3,(H,22,23). The van der Waals surface area contributed by atoms with Crippen LogP contribution in [0.1, 0.15) is 23.1 Å². The van der Waals surface area contributed by atoms with Gasteiger partial charge in [-0.3, -0.25) is 9.20 Å². The maximum Gasteiger partial charge on any atom is 0.354 e. The van der Waals surface area contributed by atoms with Gasteiger partial charge in [-0.15, -0.1) is 11.3 Å².